The second-order valence-electron chi connectivity index (χ2n) is 6.32. The van der Waals surface area contributed by atoms with Crippen LogP contribution in [0.2, 0.25) is 0 Å². The van der Waals surface area contributed by atoms with Crippen LogP contribution in [0, 0.1) is 0 Å². The summed E-state index contributed by atoms with van der Waals surface area (Å²) in [6, 6.07) is 7.69. The van der Waals surface area contributed by atoms with Crippen LogP contribution in [-0.4, -0.2) is 57.7 Å². The van der Waals surface area contributed by atoms with Gasteiger partial charge >= 0.3 is 0 Å². The van der Waals surface area contributed by atoms with E-state index < -0.39 is 0 Å². The molecule has 0 unspecified atom stereocenters. The largest absolute Gasteiger partial charge is 0.494 e. The van der Waals surface area contributed by atoms with Crippen molar-refractivity contribution >= 4 is 5.91 Å². The lowest BCUT2D eigenvalue weighted by atomic mass is 10.1. The number of benzene rings is 1. The van der Waals surface area contributed by atoms with Crippen molar-refractivity contribution < 1.29 is 14.3 Å². The van der Waals surface area contributed by atoms with Gasteiger partial charge < -0.3 is 14.4 Å². The van der Waals surface area contributed by atoms with E-state index in [0.29, 0.717) is 19.7 Å². The van der Waals surface area contributed by atoms with Crippen molar-refractivity contribution in [3.8, 4) is 17.0 Å². The van der Waals surface area contributed by atoms with E-state index in [4.69, 9.17) is 9.47 Å². The van der Waals surface area contributed by atoms with Gasteiger partial charge in [-0.25, -0.2) is 4.68 Å². The van der Waals surface area contributed by atoms with Gasteiger partial charge in [-0.3, -0.25) is 4.79 Å². The van der Waals surface area contributed by atoms with E-state index in [1.165, 1.54) is 0 Å². The number of morpholine rings is 1. The highest BCUT2D eigenvalue weighted by molar-refractivity contribution is 5.76. The minimum Gasteiger partial charge on any atom is -0.494 e. The lowest BCUT2D eigenvalue weighted by Gasteiger charge is -2.35. The monoisotopic (exact) mass is 344 g/mol. The van der Waals surface area contributed by atoms with Gasteiger partial charge in [0.05, 0.1) is 25.0 Å². The molecule has 0 radical (unpaired) electrons. The van der Waals surface area contributed by atoms with Crippen molar-refractivity contribution in [3.63, 3.8) is 0 Å². The molecular formula is C18H24N4O3. The van der Waals surface area contributed by atoms with E-state index in [0.717, 1.165) is 17.0 Å². The molecule has 0 spiro atoms. The highest BCUT2D eigenvalue weighted by Crippen LogP contribution is 2.22. The first-order valence-electron chi connectivity index (χ1n) is 8.61. The second kappa shape index (κ2) is 7.65. The van der Waals surface area contributed by atoms with Crippen molar-refractivity contribution in [2.45, 2.75) is 39.5 Å². The highest BCUT2D eigenvalue weighted by atomic mass is 16.5. The number of carbonyl (C=O) groups excluding carboxylic acids is 1. The van der Waals surface area contributed by atoms with Crippen molar-refractivity contribution in [2.75, 3.05) is 19.7 Å². The number of aromatic nitrogens is 3. The van der Waals surface area contributed by atoms with Crippen LogP contribution >= 0.6 is 0 Å². The lowest BCUT2D eigenvalue weighted by Crippen LogP contribution is -2.49. The second-order valence-corrected chi connectivity index (χ2v) is 6.32. The summed E-state index contributed by atoms with van der Waals surface area (Å²) in [5, 5.41) is 8.27. The predicted octanol–water partition coefficient (Wildman–Crippen LogP) is 1.98. The van der Waals surface area contributed by atoms with E-state index in [1.54, 1.807) is 10.9 Å². The zero-order chi connectivity index (χ0) is 17.8. The number of ether oxygens (including phenoxy) is 2. The molecule has 1 aromatic heterocycles. The molecule has 2 aromatic rings. The molecule has 3 rings (SSSR count). The van der Waals surface area contributed by atoms with Gasteiger partial charge in [-0.05, 0) is 32.9 Å². The fraction of sp³-hybridized carbons (Fsp3) is 0.500. The van der Waals surface area contributed by atoms with Crippen molar-refractivity contribution in [1.82, 2.24) is 19.9 Å². The molecule has 1 fully saturated rings. The average Bonchev–Trinajstić information content (AvgIpc) is 3.03. The first-order chi connectivity index (χ1) is 12.0. The van der Waals surface area contributed by atoms with Crippen molar-refractivity contribution in [3.05, 3.63) is 30.5 Å². The number of hydrogen-bond donors (Lipinski definition) is 0. The van der Waals surface area contributed by atoms with E-state index in [1.807, 2.05) is 49.9 Å². The molecule has 1 amide bonds. The van der Waals surface area contributed by atoms with Crippen LogP contribution in [0.5, 0.6) is 5.75 Å². The molecule has 7 nitrogen and oxygen atoms in total. The summed E-state index contributed by atoms with van der Waals surface area (Å²) >= 11 is 0. The molecular weight excluding hydrogens is 320 g/mol. The smallest absolute Gasteiger partial charge is 0.244 e. The van der Waals surface area contributed by atoms with Crippen molar-refractivity contribution in [2.24, 2.45) is 0 Å². The maximum absolute atomic E-state index is 12.5. The Hall–Kier alpha value is -2.41. The van der Waals surface area contributed by atoms with Crippen LogP contribution in [0.15, 0.2) is 30.5 Å². The number of hydrogen-bond acceptors (Lipinski definition) is 5. The van der Waals surface area contributed by atoms with E-state index in [-0.39, 0.29) is 24.7 Å². The maximum atomic E-state index is 12.5. The number of carbonyl (C=O) groups is 1. The van der Waals surface area contributed by atoms with Crippen LogP contribution < -0.4 is 4.74 Å². The third kappa shape index (κ3) is 4.36. The zero-order valence-corrected chi connectivity index (χ0v) is 14.9. The van der Waals surface area contributed by atoms with Gasteiger partial charge in [-0.2, -0.15) is 0 Å². The molecule has 0 N–H and O–H groups in total. The van der Waals surface area contributed by atoms with Gasteiger partial charge in [0.1, 0.15) is 18.0 Å². The number of rotatable bonds is 5. The lowest BCUT2D eigenvalue weighted by molar-refractivity contribution is -0.144. The standard InChI is InChI=1S/C18H24N4O3/c1-4-24-16-7-5-6-15(8-16)17-11-22(20-19-17)12-18(23)21-9-13(2)25-14(3)10-21/h5-8,11,13-14H,4,9-10,12H2,1-3H3/t13-,14+. The summed E-state index contributed by atoms with van der Waals surface area (Å²) in [7, 11) is 0. The molecule has 0 aliphatic carbocycles. The van der Waals surface area contributed by atoms with Crippen molar-refractivity contribution in [1.29, 1.82) is 0 Å². The van der Waals surface area contributed by atoms with Gasteiger partial charge in [-0.1, -0.05) is 17.3 Å². The Labute approximate surface area is 147 Å². The van der Waals surface area contributed by atoms with Gasteiger partial charge in [0.15, 0.2) is 0 Å². The summed E-state index contributed by atoms with van der Waals surface area (Å²) in [5.74, 6) is 0.823. The number of amides is 1. The average molecular weight is 344 g/mol. The topological polar surface area (TPSA) is 69.5 Å². The highest BCUT2D eigenvalue weighted by Gasteiger charge is 2.26. The van der Waals surface area contributed by atoms with Crippen LogP contribution in [0.4, 0.5) is 0 Å². The minimum absolute atomic E-state index is 0.0292. The SMILES string of the molecule is CCOc1cccc(-c2cn(CC(=O)N3C[C@@H](C)O[C@@H](C)C3)nn2)c1. The van der Waals surface area contributed by atoms with Gasteiger partial charge in [0, 0.05) is 18.7 Å². The van der Waals surface area contributed by atoms with Crippen LogP contribution in [0.3, 0.4) is 0 Å². The summed E-state index contributed by atoms with van der Waals surface area (Å²) in [4.78, 5) is 14.3. The Morgan fingerprint density at radius 3 is 2.80 bits per heavy atom. The molecule has 1 saturated heterocycles. The molecule has 25 heavy (non-hydrogen) atoms. The Kier molecular flexibility index (Phi) is 5.33. The molecule has 2 atom stereocenters. The van der Waals surface area contributed by atoms with Gasteiger partial charge in [-0.15, -0.1) is 5.10 Å². The molecule has 7 heteroatoms. The van der Waals surface area contributed by atoms with E-state index >= 15 is 0 Å². The maximum Gasteiger partial charge on any atom is 0.244 e. The fourth-order valence-corrected chi connectivity index (χ4v) is 3.04. The molecule has 1 aliphatic rings. The summed E-state index contributed by atoms with van der Waals surface area (Å²) in [5.41, 5.74) is 1.64. The summed E-state index contributed by atoms with van der Waals surface area (Å²) in [6.07, 6.45) is 1.90. The van der Waals surface area contributed by atoms with E-state index in [2.05, 4.69) is 10.3 Å². The molecule has 2 heterocycles. The third-order valence-corrected chi connectivity index (χ3v) is 4.05. The normalized spacial score (nSPS) is 20.5. The Bertz CT molecular complexity index is 721. The summed E-state index contributed by atoms with van der Waals surface area (Å²) < 4.78 is 12.8. The Morgan fingerprint density at radius 2 is 2.08 bits per heavy atom. The predicted molar refractivity (Wildman–Crippen MR) is 93.2 cm³/mol. The van der Waals surface area contributed by atoms with Gasteiger partial charge in [0.2, 0.25) is 5.91 Å². The molecule has 0 bridgehead atoms. The third-order valence-electron chi connectivity index (χ3n) is 4.05. The first kappa shape index (κ1) is 17.4. The van der Waals surface area contributed by atoms with Crippen LogP contribution in [0.25, 0.3) is 11.3 Å². The van der Waals surface area contributed by atoms with Crippen LogP contribution in [-0.2, 0) is 16.1 Å². The zero-order valence-electron chi connectivity index (χ0n) is 14.9. The minimum atomic E-state index is 0.0292. The molecule has 1 aliphatic heterocycles. The van der Waals surface area contributed by atoms with Gasteiger partial charge in [0.25, 0.3) is 0 Å². The Morgan fingerprint density at radius 1 is 1.32 bits per heavy atom. The van der Waals surface area contributed by atoms with E-state index in [9.17, 15) is 4.79 Å². The first-order valence-corrected chi connectivity index (χ1v) is 8.61. The molecule has 1 aromatic carbocycles. The molecule has 0 saturated carbocycles. The Balaban J connectivity index is 1.67. The number of nitrogens with zero attached hydrogens (tertiary/aromatic N) is 4. The molecule has 134 valence electrons. The quantitative estimate of drug-likeness (QED) is 0.829. The summed E-state index contributed by atoms with van der Waals surface area (Å²) in [6.45, 7) is 7.92. The van der Waals surface area contributed by atoms with Crippen LogP contribution in [0.1, 0.15) is 20.8 Å². The fourth-order valence-electron chi connectivity index (χ4n) is 3.04.